The molecule has 0 amide bonds. The molecule has 6 atom stereocenters. The number of ether oxygens (including phenoxy) is 3. The van der Waals surface area contributed by atoms with Gasteiger partial charge >= 0.3 is 0 Å². The number of allylic oxidation sites excluding steroid dienone is 4. The van der Waals surface area contributed by atoms with Crippen LogP contribution in [0, 0.1) is 0 Å². The number of aliphatic hydroxyl groups is 2. The summed E-state index contributed by atoms with van der Waals surface area (Å²) in [5.41, 5.74) is -2.22. The molecule has 2 N–H and O–H groups in total. The van der Waals surface area contributed by atoms with Gasteiger partial charge in [-0.2, -0.15) is 0 Å². The van der Waals surface area contributed by atoms with E-state index in [9.17, 15) is 10.2 Å². The largest absolute Gasteiger partial charge is 0.383 e. The lowest BCUT2D eigenvalue weighted by atomic mass is 9.85. The summed E-state index contributed by atoms with van der Waals surface area (Å²) in [6, 6.07) is 0. The molecule has 2 fully saturated rings. The van der Waals surface area contributed by atoms with Crippen molar-refractivity contribution < 1.29 is 24.4 Å². The van der Waals surface area contributed by atoms with Crippen molar-refractivity contribution in [1.82, 2.24) is 0 Å². The lowest BCUT2D eigenvalue weighted by Gasteiger charge is -2.40. The van der Waals surface area contributed by atoms with Crippen molar-refractivity contribution in [2.24, 2.45) is 0 Å². The molecule has 2 aliphatic carbocycles. The van der Waals surface area contributed by atoms with Crippen molar-refractivity contribution in [3.05, 3.63) is 48.6 Å². The standard InChI is InChI=1S/C18H22O5/c19-17(9-13-11-21-13)7-3-1-5-15(17)23-16-6-2-4-8-18(16,20)10-14-12-22-14/h1-8,13-16,19-20H,9-12H2. The van der Waals surface area contributed by atoms with Crippen LogP contribution in [0.5, 0.6) is 0 Å². The van der Waals surface area contributed by atoms with Crippen LogP contribution in [-0.2, 0) is 14.2 Å². The molecule has 0 spiro atoms. The Morgan fingerprint density at radius 2 is 1.26 bits per heavy atom. The molecule has 5 heteroatoms. The van der Waals surface area contributed by atoms with E-state index >= 15 is 0 Å². The second kappa shape index (κ2) is 5.69. The Balaban J connectivity index is 1.50. The second-order valence-corrected chi connectivity index (χ2v) is 6.77. The number of rotatable bonds is 6. The average molecular weight is 318 g/mol. The Morgan fingerprint density at radius 3 is 1.65 bits per heavy atom. The molecule has 4 aliphatic rings. The summed E-state index contributed by atoms with van der Waals surface area (Å²) in [6.07, 6.45) is 14.7. The van der Waals surface area contributed by atoms with Crippen LogP contribution in [0.3, 0.4) is 0 Å². The third-order valence-electron chi connectivity index (χ3n) is 4.76. The van der Waals surface area contributed by atoms with E-state index in [1.165, 1.54) is 0 Å². The normalized spacial score (nSPS) is 47.0. The van der Waals surface area contributed by atoms with Crippen LogP contribution >= 0.6 is 0 Å². The van der Waals surface area contributed by atoms with E-state index in [0.717, 1.165) is 0 Å². The highest BCUT2D eigenvalue weighted by atomic mass is 16.6. The Hall–Kier alpha value is -1.24. The maximum atomic E-state index is 10.9. The zero-order valence-corrected chi connectivity index (χ0v) is 12.9. The molecule has 2 heterocycles. The van der Waals surface area contributed by atoms with Crippen molar-refractivity contribution in [2.45, 2.75) is 48.5 Å². The SMILES string of the molecule is OC1(CC2CO2)C=CC=CC1OC1C=CC=CC1(O)CC1CO1. The zero-order valence-electron chi connectivity index (χ0n) is 12.9. The molecule has 23 heavy (non-hydrogen) atoms. The molecule has 2 aliphatic heterocycles. The predicted molar refractivity (Wildman–Crippen MR) is 83.8 cm³/mol. The van der Waals surface area contributed by atoms with E-state index in [2.05, 4.69) is 0 Å². The zero-order chi connectivity index (χ0) is 15.9. The van der Waals surface area contributed by atoms with Crippen LogP contribution < -0.4 is 0 Å². The first kappa shape index (κ1) is 15.3. The van der Waals surface area contributed by atoms with Gasteiger partial charge in [0.1, 0.15) is 23.4 Å². The minimum absolute atomic E-state index is 0.0859. The van der Waals surface area contributed by atoms with Gasteiger partial charge in [-0.1, -0.05) is 48.6 Å². The lowest BCUT2D eigenvalue weighted by Crippen LogP contribution is -2.51. The fraction of sp³-hybridized carbons (Fsp3) is 0.556. The number of epoxide rings is 2. The molecule has 6 unspecified atom stereocenters. The van der Waals surface area contributed by atoms with Gasteiger partial charge in [0.25, 0.3) is 0 Å². The van der Waals surface area contributed by atoms with E-state index in [0.29, 0.717) is 26.1 Å². The van der Waals surface area contributed by atoms with E-state index < -0.39 is 23.4 Å². The molecule has 4 rings (SSSR count). The topological polar surface area (TPSA) is 74.8 Å². The van der Waals surface area contributed by atoms with Gasteiger partial charge in [-0.3, -0.25) is 0 Å². The molecule has 0 radical (unpaired) electrons. The molecular formula is C18H22O5. The summed E-state index contributed by atoms with van der Waals surface area (Å²) >= 11 is 0. The first-order chi connectivity index (χ1) is 11.1. The van der Waals surface area contributed by atoms with Gasteiger partial charge in [-0.25, -0.2) is 0 Å². The summed E-state index contributed by atoms with van der Waals surface area (Å²) in [7, 11) is 0. The van der Waals surface area contributed by atoms with Crippen molar-refractivity contribution in [1.29, 1.82) is 0 Å². The van der Waals surface area contributed by atoms with E-state index in [-0.39, 0.29) is 12.2 Å². The van der Waals surface area contributed by atoms with Gasteiger partial charge in [-0.05, 0) is 0 Å². The number of hydrogen-bond donors (Lipinski definition) is 2. The van der Waals surface area contributed by atoms with Crippen LogP contribution in [-0.4, -0.2) is 59.0 Å². The summed E-state index contributed by atoms with van der Waals surface area (Å²) in [6.45, 7) is 1.36. The summed E-state index contributed by atoms with van der Waals surface area (Å²) < 4.78 is 16.6. The minimum atomic E-state index is -1.11. The van der Waals surface area contributed by atoms with Crippen molar-refractivity contribution in [3.8, 4) is 0 Å². The van der Waals surface area contributed by atoms with Gasteiger partial charge in [0, 0.05) is 12.8 Å². The van der Waals surface area contributed by atoms with E-state index in [1.54, 1.807) is 12.2 Å². The molecule has 0 bridgehead atoms. The molecule has 2 saturated heterocycles. The monoisotopic (exact) mass is 318 g/mol. The number of hydrogen-bond acceptors (Lipinski definition) is 5. The fourth-order valence-electron chi connectivity index (χ4n) is 3.25. The van der Waals surface area contributed by atoms with Crippen molar-refractivity contribution in [3.63, 3.8) is 0 Å². The Kier molecular flexibility index (Phi) is 3.78. The quantitative estimate of drug-likeness (QED) is 0.716. The highest BCUT2D eigenvalue weighted by Gasteiger charge is 2.46. The smallest absolute Gasteiger partial charge is 0.115 e. The second-order valence-electron chi connectivity index (χ2n) is 6.77. The van der Waals surface area contributed by atoms with Gasteiger partial charge in [0.15, 0.2) is 0 Å². The van der Waals surface area contributed by atoms with Crippen molar-refractivity contribution >= 4 is 0 Å². The lowest BCUT2D eigenvalue weighted by molar-refractivity contribution is -0.134. The summed E-state index contributed by atoms with van der Waals surface area (Å²) in [5.74, 6) is 0. The maximum Gasteiger partial charge on any atom is 0.115 e. The van der Waals surface area contributed by atoms with E-state index in [1.807, 2.05) is 36.5 Å². The van der Waals surface area contributed by atoms with Gasteiger partial charge in [-0.15, -0.1) is 0 Å². The van der Waals surface area contributed by atoms with Gasteiger partial charge in [0.2, 0.25) is 0 Å². The maximum absolute atomic E-state index is 10.9. The third kappa shape index (κ3) is 3.34. The van der Waals surface area contributed by atoms with Crippen LogP contribution in [0.2, 0.25) is 0 Å². The minimum Gasteiger partial charge on any atom is -0.383 e. The Morgan fingerprint density at radius 1 is 0.826 bits per heavy atom. The highest BCUT2D eigenvalue weighted by molar-refractivity contribution is 5.27. The Bertz CT molecular complexity index is 522. The molecule has 5 nitrogen and oxygen atoms in total. The first-order valence-electron chi connectivity index (χ1n) is 8.13. The summed E-state index contributed by atoms with van der Waals surface area (Å²) in [5, 5.41) is 21.9. The molecule has 0 aromatic heterocycles. The fourth-order valence-corrected chi connectivity index (χ4v) is 3.25. The third-order valence-corrected chi connectivity index (χ3v) is 4.76. The Labute approximate surface area is 135 Å². The molecular weight excluding hydrogens is 296 g/mol. The van der Waals surface area contributed by atoms with Crippen LogP contribution in [0.1, 0.15) is 12.8 Å². The molecule has 0 aromatic carbocycles. The van der Waals surface area contributed by atoms with E-state index in [4.69, 9.17) is 14.2 Å². The average Bonchev–Trinajstić information content (AvgIpc) is 3.41. The highest BCUT2D eigenvalue weighted by Crippen LogP contribution is 2.36. The summed E-state index contributed by atoms with van der Waals surface area (Å²) in [4.78, 5) is 0. The van der Waals surface area contributed by atoms with Gasteiger partial charge in [0.05, 0.1) is 25.4 Å². The predicted octanol–water partition coefficient (Wildman–Crippen LogP) is 1.03. The molecule has 124 valence electrons. The van der Waals surface area contributed by atoms with Crippen LogP contribution in [0.4, 0.5) is 0 Å². The van der Waals surface area contributed by atoms with Gasteiger partial charge < -0.3 is 24.4 Å². The van der Waals surface area contributed by atoms with Crippen LogP contribution in [0.25, 0.3) is 0 Å². The molecule has 0 aromatic rings. The van der Waals surface area contributed by atoms with Crippen molar-refractivity contribution in [2.75, 3.05) is 13.2 Å². The molecule has 0 saturated carbocycles. The van der Waals surface area contributed by atoms with Crippen LogP contribution in [0.15, 0.2) is 48.6 Å². The first-order valence-corrected chi connectivity index (χ1v) is 8.13.